The maximum absolute atomic E-state index is 11.1. The summed E-state index contributed by atoms with van der Waals surface area (Å²) >= 11 is 7.63. The first kappa shape index (κ1) is 11.6. The highest BCUT2D eigenvalue weighted by Gasteiger charge is 2.21. The van der Waals surface area contributed by atoms with Crippen LogP contribution in [0.2, 0.25) is 5.15 Å². The van der Waals surface area contributed by atoms with Crippen LogP contribution in [0.5, 0.6) is 0 Å². The van der Waals surface area contributed by atoms with Crippen molar-refractivity contribution >= 4 is 29.5 Å². The van der Waals surface area contributed by atoms with Gasteiger partial charge in [-0.05, 0) is 6.92 Å². The van der Waals surface area contributed by atoms with Crippen LogP contribution in [0.15, 0.2) is 5.16 Å². The van der Waals surface area contributed by atoms with Crippen molar-refractivity contribution in [3.8, 4) is 0 Å². The number of amides is 1. The highest BCUT2D eigenvalue weighted by atomic mass is 35.5. The van der Waals surface area contributed by atoms with Crippen LogP contribution in [-0.2, 0) is 17.9 Å². The summed E-state index contributed by atoms with van der Waals surface area (Å²) in [5.41, 5.74) is 0.771. The first-order chi connectivity index (χ1) is 7.72. The smallest absolute Gasteiger partial charge is 0.407 e. The second-order valence-electron chi connectivity index (χ2n) is 3.24. The lowest BCUT2D eigenvalue weighted by Gasteiger charge is -2.07. The molecule has 0 atom stereocenters. The second-order valence-corrected chi connectivity index (χ2v) is 4.66. The van der Waals surface area contributed by atoms with Crippen LogP contribution < -0.4 is 5.32 Å². The minimum absolute atomic E-state index is 0.165. The normalized spacial score (nSPS) is 13.6. The molecule has 1 N–H and O–H groups in total. The van der Waals surface area contributed by atoms with Crippen LogP contribution in [0.1, 0.15) is 12.6 Å². The number of aromatic nitrogens is 2. The Morgan fingerprint density at radius 2 is 2.56 bits per heavy atom. The molecule has 0 fully saturated rings. The van der Waals surface area contributed by atoms with Gasteiger partial charge in [0.1, 0.15) is 6.61 Å². The van der Waals surface area contributed by atoms with E-state index in [1.54, 1.807) is 11.8 Å². The third-order valence-corrected chi connectivity index (χ3v) is 3.46. The summed E-state index contributed by atoms with van der Waals surface area (Å²) in [5.74, 6) is 0.994. The Morgan fingerprint density at radius 1 is 1.75 bits per heavy atom. The number of nitrogens with zero attached hydrogens (tertiary/aromatic N) is 2. The van der Waals surface area contributed by atoms with Gasteiger partial charge in [0.25, 0.3) is 0 Å². The molecule has 0 spiro atoms. The van der Waals surface area contributed by atoms with Crippen LogP contribution in [-0.4, -0.2) is 27.9 Å². The van der Waals surface area contributed by atoms with Crippen molar-refractivity contribution in [3.05, 3.63) is 10.8 Å². The molecule has 1 aromatic heterocycles. The number of halogens is 1. The number of carbonyl (C=O) groups is 1. The molecule has 2 rings (SSSR count). The number of thioether (sulfide) groups is 1. The summed E-state index contributed by atoms with van der Waals surface area (Å²) in [5, 5.41) is 3.88. The zero-order valence-corrected chi connectivity index (χ0v) is 10.4. The predicted octanol–water partition coefficient (Wildman–Crippen LogP) is 1.89. The average Bonchev–Trinajstić information content (AvgIpc) is 2.76. The van der Waals surface area contributed by atoms with Gasteiger partial charge in [-0.2, -0.15) is 0 Å². The van der Waals surface area contributed by atoms with Crippen molar-refractivity contribution in [2.24, 2.45) is 0 Å². The number of rotatable bonds is 3. The van der Waals surface area contributed by atoms with Crippen molar-refractivity contribution in [2.75, 3.05) is 12.3 Å². The highest BCUT2D eigenvalue weighted by molar-refractivity contribution is 7.99. The number of ether oxygens (including phenoxy) is 1. The largest absolute Gasteiger partial charge is 0.443 e. The molecule has 0 unspecified atom stereocenters. The quantitative estimate of drug-likeness (QED) is 0.903. The van der Waals surface area contributed by atoms with Gasteiger partial charge in [-0.25, -0.2) is 9.78 Å². The number of nitrogens with one attached hydrogen (secondary N) is 1. The molecule has 0 bridgehead atoms. The van der Waals surface area contributed by atoms with Crippen LogP contribution in [0.3, 0.4) is 0 Å². The van der Waals surface area contributed by atoms with E-state index >= 15 is 0 Å². The molecule has 5 nitrogen and oxygen atoms in total. The van der Waals surface area contributed by atoms with Crippen LogP contribution in [0.4, 0.5) is 4.79 Å². The molecule has 1 aliphatic rings. The van der Waals surface area contributed by atoms with Crippen LogP contribution in [0, 0.1) is 0 Å². The van der Waals surface area contributed by atoms with E-state index < -0.39 is 6.09 Å². The molecule has 88 valence electrons. The van der Waals surface area contributed by atoms with E-state index in [1.807, 2.05) is 11.5 Å². The Labute approximate surface area is 103 Å². The van der Waals surface area contributed by atoms with Gasteiger partial charge in [-0.15, -0.1) is 0 Å². The van der Waals surface area contributed by atoms with Crippen molar-refractivity contribution in [1.29, 1.82) is 0 Å². The van der Waals surface area contributed by atoms with E-state index in [0.717, 1.165) is 23.1 Å². The van der Waals surface area contributed by atoms with Gasteiger partial charge in [0.2, 0.25) is 0 Å². The number of hydrogen-bond acceptors (Lipinski definition) is 4. The molecule has 0 aliphatic carbocycles. The predicted molar refractivity (Wildman–Crippen MR) is 61.8 cm³/mol. The van der Waals surface area contributed by atoms with Crippen molar-refractivity contribution in [2.45, 2.75) is 25.2 Å². The molecule has 0 saturated heterocycles. The van der Waals surface area contributed by atoms with Crippen molar-refractivity contribution < 1.29 is 9.53 Å². The van der Waals surface area contributed by atoms with E-state index in [0.29, 0.717) is 11.7 Å². The Morgan fingerprint density at radius 3 is 3.31 bits per heavy atom. The first-order valence-corrected chi connectivity index (χ1v) is 6.37. The van der Waals surface area contributed by atoms with Gasteiger partial charge in [-0.3, -0.25) is 0 Å². The lowest BCUT2D eigenvalue weighted by molar-refractivity contribution is 0.137. The van der Waals surface area contributed by atoms with Crippen molar-refractivity contribution in [1.82, 2.24) is 14.9 Å². The standard InChI is InChI=1S/C9H12ClN3O2S/c1-2-11-9(14)15-5-6-7(10)12-8-13(6)3-4-16-8/h2-5H2,1H3,(H,11,14). The summed E-state index contributed by atoms with van der Waals surface area (Å²) in [4.78, 5) is 15.3. The lowest BCUT2D eigenvalue weighted by Crippen LogP contribution is -2.24. The van der Waals surface area contributed by atoms with Crippen molar-refractivity contribution in [3.63, 3.8) is 0 Å². The van der Waals surface area contributed by atoms with E-state index in [2.05, 4.69) is 10.3 Å². The van der Waals surface area contributed by atoms with Gasteiger partial charge in [0, 0.05) is 18.8 Å². The maximum atomic E-state index is 11.1. The topological polar surface area (TPSA) is 56.1 Å². The van der Waals surface area contributed by atoms with E-state index in [-0.39, 0.29) is 6.61 Å². The number of fused-ring (bicyclic) bond motifs is 1. The summed E-state index contributed by atoms with van der Waals surface area (Å²) < 4.78 is 7.02. The molecular weight excluding hydrogens is 250 g/mol. The fourth-order valence-electron chi connectivity index (χ4n) is 1.47. The Bertz CT molecular complexity index is 408. The number of imidazole rings is 1. The Hall–Kier alpha value is -0.880. The Kier molecular flexibility index (Phi) is 3.60. The molecule has 2 heterocycles. The molecule has 0 radical (unpaired) electrons. The number of carbonyl (C=O) groups excluding carboxylic acids is 1. The van der Waals surface area contributed by atoms with Gasteiger partial charge in [-0.1, -0.05) is 23.4 Å². The zero-order valence-electron chi connectivity index (χ0n) is 8.83. The van der Waals surface area contributed by atoms with Gasteiger partial charge in [0.05, 0.1) is 5.69 Å². The first-order valence-electron chi connectivity index (χ1n) is 5.00. The molecule has 0 aromatic carbocycles. The lowest BCUT2D eigenvalue weighted by atomic mass is 10.5. The molecule has 1 aliphatic heterocycles. The third kappa shape index (κ3) is 2.27. The molecule has 0 saturated carbocycles. The summed E-state index contributed by atoms with van der Waals surface area (Å²) in [6.07, 6.45) is -0.431. The summed E-state index contributed by atoms with van der Waals surface area (Å²) in [6, 6.07) is 0. The average molecular weight is 262 g/mol. The number of hydrogen-bond donors (Lipinski definition) is 1. The third-order valence-electron chi connectivity index (χ3n) is 2.20. The van der Waals surface area contributed by atoms with Crippen LogP contribution in [0.25, 0.3) is 0 Å². The minimum Gasteiger partial charge on any atom is -0.443 e. The van der Waals surface area contributed by atoms with E-state index in [4.69, 9.17) is 16.3 Å². The fraction of sp³-hybridized carbons (Fsp3) is 0.556. The highest BCUT2D eigenvalue weighted by Crippen LogP contribution is 2.30. The van der Waals surface area contributed by atoms with E-state index in [1.165, 1.54) is 0 Å². The molecule has 16 heavy (non-hydrogen) atoms. The molecule has 7 heteroatoms. The SMILES string of the molecule is CCNC(=O)OCc1c(Cl)nc2n1CCS2. The monoisotopic (exact) mass is 261 g/mol. The van der Waals surface area contributed by atoms with E-state index in [9.17, 15) is 4.79 Å². The summed E-state index contributed by atoms with van der Waals surface area (Å²) in [7, 11) is 0. The Balaban J connectivity index is 2.02. The molecule has 1 amide bonds. The molecular formula is C9H12ClN3O2S. The van der Waals surface area contributed by atoms with Gasteiger partial charge < -0.3 is 14.6 Å². The maximum Gasteiger partial charge on any atom is 0.407 e. The van der Waals surface area contributed by atoms with Crippen LogP contribution >= 0.6 is 23.4 Å². The molecule has 1 aromatic rings. The minimum atomic E-state index is -0.431. The zero-order chi connectivity index (χ0) is 11.5. The number of alkyl carbamates (subject to hydrolysis) is 1. The fourth-order valence-corrected chi connectivity index (χ4v) is 2.73. The second kappa shape index (κ2) is 4.97. The summed E-state index contributed by atoms with van der Waals surface area (Å²) in [6.45, 7) is 3.42. The van der Waals surface area contributed by atoms with Gasteiger partial charge in [0.15, 0.2) is 10.3 Å². The van der Waals surface area contributed by atoms with Gasteiger partial charge >= 0.3 is 6.09 Å².